The molecule has 2 heterocycles. The quantitative estimate of drug-likeness (QED) is 0.834. The number of halogens is 1. The smallest absolute Gasteiger partial charge is 0.320 e. The highest BCUT2D eigenvalue weighted by molar-refractivity contribution is 5.85. The normalized spacial score (nSPS) is 23.8. The molecule has 1 aliphatic heterocycles. The van der Waals surface area contributed by atoms with Crippen LogP contribution in [0, 0.1) is 5.92 Å². The van der Waals surface area contributed by atoms with Crippen LogP contribution in [0.5, 0.6) is 0 Å². The number of rotatable bonds is 3. The molecule has 0 aliphatic carbocycles. The van der Waals surface area contributed by atoms with E-state index >= 15 is 0 Å². The Bertz CT molecular complexity index is 345. The zero-order valence-corrected chi connectivity index (χ0v) is 9.61. The van der Waals surface area contributed by atoms with Gasteiger partial charge in [-0.25, -0.2) is 0 Å². The number of hydrogen-bond donors (Lipinski definition) is 2. The molecule has 1 aliphatic rings. The first kappa shape index (κ1) is 12.9. The largest absolute Gasteiger partial charge is 0.480 e. The number of carbonyl (C=O) groups is 1. The molecule has 88 valence electrons. The van der Waals surface area contributed by atoms with Gasteiger partial charge >= 0.3 is 5.97 Å². The molecule has 5 heteroatoms. The van der Waals surface area contributed by atoms with E-state index in [9.17, 15) is 4.79 Å². The molecule has 0 bridgehead atoms. The van der Waals surface area contributed by atoms with Gasteiger partial charge in [-0.1, -0.05) is 0 Å². The second-order valence-electron chi connectivity index (χ2n) is 3.88. The number of nitrogens with one attached hydrogen (secondary N) is 1. The van der Waals surface area contributed by atoms with Crippen molar-refractivity contribution in [3.63, 3.8) is 0 Å². The molecule has 1 fully saturated rings. The molecule has 1 aromatic rings. The van der Waals surface area contributed by atoms with Crippen LogP contribution >= 0.6 is 12.4 Å². The minimum absolute atomic E-state index is 0. The zero-order valence-electron chi connectivity index (χ0n) is 8.80. The summed E-state index contributed by atoms with van der Waals surface area (Å²) in [6.45, 7) is 0.798. The summed E-state index contributed by atoms with van der Waals surface area (Å²) in [6.07, 6.45) is 5.23. The molecule has 0 aromatic carbocycles. The van der Waals surface area contributed by atoms with E-state index in [0.29, 0.717) is 0 Å². The maximum atomic E-state index is 10.9. The van der Waals surface area contributed by atoms with Crippen LogP contribution in [0.1, 0.15) is 12.0 Å². The fourth-order valence-electron chi connectivity index (χ4n) is 2.09. The molecule has 16 heavy (non-hydrogen) atoms. The Labute approximate surface area is 100 Å². The molecular formula is C11H15ClN2O2. The number of hydrogen-bond acceptors (Lipinski definition) is 3. The average molecular weight is 243 g/mol. The SMILES string of the molecule is Cl.O=C(O)[C@H]1NCCC1Cc1ccncc1. The minimum Gasteiger partial charge on any atom is -0.480 e. The molecule has 0 amide bonds. The Balaban J connectivity index is 0.00000128. The van der Waals surface area contributed by atoms with Crippen molar-refractivity contribution in [3.8, 4) is 0 Å². The zero-order chi connectivity index (χ0) is 10.7. The second-order valence-corrected chi connectivity index (χ2v) is 3.88. The Morgan fingerprint density at radius 1 is 1.50 bits per heavy atom. The molecule has 0 spiro atoms. The van der Waals surface area contributed by atoms with Crippen molar-refractivity contribution in [2.45, 2.75) is 18.9 Å². The van der Waals surface area contributed by atoms with Crippen molar-refractivity contribution in [1.29, 1.82) is 0 Å². The van der Waals surface area contributed by atoms with E-state index in [1.165, 1.54) is 0 Å². The van der Waals surface area contributed by atoms with Gasteiger partial charge in [0.05, 0.1) is 0 Å². The van der Waals surface area contributed by atoms with Crippen LogP contribution in [0.2, 0.25) is 0 Å². The van der Waals surface area contributed by atoms with Gasteiger partial charge in [0.15, 0.2) is 0 Å². The van der Waals surface area contributed by atoms with E-state index in [-0.39, 0.29) is 18.3 Å². The topological polar surface area (TPSA) is 62.2 Å². The van der Waals surface area contributed by atoms with Crippen molar-refractivity contribution in [3.05, 3.63) is 30.1 Å². The number of aromatic nitrogens is 1. The summed E-state index contributed by atoms with van der Waals surface area (Å²) >= 11 is 0. The third-order valence-corrected chi connectivity index (χ3v) is 2.86. The van der Waals surface area contributed by atoms with Gasteiger partial charge < -0.3 is 10.4 Å². The summed E-state index contributed by atoms with van der Waals surface area (Å²) in [6, 6.07) is 3.49. The first-order valence-corrected chi connectivity index (χ1v) is 5.12. The molecule has 0 saturated carbocycles. The predicted octanol–water partition coefficient (Wildman–Crippen LogP) is 1.11. The summed E-state index contributed by atoms with van der Waals surface area (Å²) in [5.41, 5.74) is 1.16. The highest BCUT2D eigenvalue weighted by atomic mass is 35.5. The third-order valence-electron chi connectivity index (χ3n) is 2.86. The van der Waals surface area contributed by atoms with E-state index in [0.717, 1.165) is 24.9 Å². The van der Waals surface area contributed by atoms with Gasteiger partial charge in [-0.15, -0.1) is 12.4 Å². The second kappa shape index (κ2) is 5.82. The number of aliphatic carboxylic acids is 1. The monoisotopic (exact) mass is 242 g/mol. The van der Waals surface area contributed by atoms with Crippen LogP contribution in [0.15, 0.2) is 24.5 Å². The molecule has 0 radical (unpaired) electrons. The molecule has 2 N–H and O–H groups in total. The van der Waals surface area contributed by atoms with Crippen LogP contribution in [0.25, 0.3) is 0 Å². The number of nitrogens with zero attached hydrogens (tertiary/aromatic N) is 1. The van der Waals surface area contributed by atoms with Crippen molar-refractivity contribution in [2.24, 2.45) is 5.92 Å². The fraction of sp³-hybridized carbons (Fsp3) is 0.455. The molecule has 2 atom stereocenters. The van der Waals surface area contributed by atoms with Gasteiger partial charge in [0, 0.05) is 12.4 Å². The summed E-state index contributed by atoms with van der Waals surface area (Å²) in [5.74, 6) is -0.545. The standard InChI is InChI=1S/C11H14N2O2.ClH/c14-11(15)10-9(3-6-13-10)7-8-1-4-12-5-2-8;/h1-2,4-5,9-10,13H,3,6-7H2,(H,14,15);1H/t9?,10-;/m0./s1. The van der Waals surface area contributed by atoms with Gasteiger partial charge in [0.2, 0.25) is 0 Å². The maximum Gasteiger partial charge on any atom is 0.320 e. The van der Waals surface area contributed by atoms with Crippen LogP contribution < -0.4 is 5.32 Å². The van der Waals surface area contributed by atoms with Crippen LogP contribution in [-0.4, -0.2) is 28.6 Å². The van der Waals surface area contributed by atoms with Crippen LogP contribution in [0.4, 0.5) is 0 Å². The molecule has 2 rings (SSSR count). The Kier molecular flexibility index (Phi) is 4.71. The van der Waals surface area contributed by atoms with Gasteiger partial charge in [0.1, 0.15) is 6.04 Å². The summed E-state index contributed by atoms with van der Waals surface area (Å²) in [7, 11) is 0. The van der Waals surface area contributed by atoms with Gasteiger partial charge in [-0.05, 0) is 43.0 Å². The molecule has 1 saturated heterocycles. The first-order chi connectivity index (χ1) is 7.27. The predicted molar refractivity (Wildman–Crippen MR) is 62.7 cm³/mol. The van der Waals surface area contributed by atoms with Crippen LogP contribution in [0.3, 0.4) is 0 Å². The minimum atomic E-state index is -0.744. The molecule has 1 unspecified atom stereocenters. The van der Waals surface area contributed by atoms with Crippen LogP contribution in [-0.2, 0) is 11.2 Å². The summed E-state index contributed by atoms with van der Waals surface area (Å²) in [5, 5.41) is 12.0. The van der Waals surface area contributed by atoms with Gasteiger partial charge in [-0.2, -0.15) is 0 Å². The lowest BCUT2D eigenvalue weighted by Crippen LogP contribution is -2.36. The molecular weight excluding hydrogens is 228 g/mol. The lowest BCUT2D eigenvalue weighted by atomic mass is 9.93. The van der Waals surface area contributed by atoms with E-state index in [1.54, 1.807) is 12.4 Å². The highest BCUT2D eigenvalue weighted by Crippen LogP contribution is 2.20. The summed E-state index contributed by atoms with van der Waals surface area (Å²) in [4.78, 5) is 14.9. The van der Waals surface area contributed by atoms with E-state index in [1.807, 2.05) is 12.1 Å². The van der Waals surface area contributed by atoms with Crippen molar-refractivity contribution in [2.75, 3.05) is 6.54 Å². The molecule has 1 aromatic heterocycles. The fourth-order valence-corrected chi connectivity index (χ4v) is 2.09. The number of pyridine rings is 1. The van der Waals surface area contributed by atoms with Crippen molar-refractivity contribution in [1.82, 2.24) is 10.3 Å². The van der Waals surface area contributed by atoms with Crippen molar-refractivity contribution >= 4 is 18.4 Å². The lowest BCUT2D eigenvalue weighted by Gasteiger charge is -2.14. The Hall–Kier alpha value is -1.13. The Morgan fingerprint density at radius 2 is 2.19 bits per heavy atom. The average Bonchev–Trinajstić information content (AvgIpc) is 2.67. The maximum absolute atomic E-state index is 10.9. The van der Waals surface area contributed by atoms with Gasteiger partial charge in [0.25, 0.3) is 0 Å². The van der Waals surface area contributed by atoms with E-state index in [4.69, 9.17) is 5.11 Å². The first-order valence-electron chi connectivity index (χ1n) is 5.12. The summed E-state index contributed by atoms with van der Waals surface area (Å²) < 4.78 is 0. The van der Waals surface area contributed by atoms with Gasteiger partial charge in [-0.3, -0.25) is 9.78 Å². The number of carboxylic acid groups (broad SMARTS) is 1. The number of carboxylic acids is 1. The molecule has 4 nitrogen and oxygen atoms in total. The Morgan fingerprint density at radius 3 is 2.81 bits per heavy atom. The van der Waals surface area contributed by atoms with E-state index < -0.39 is 12.0 Å². The third kappa shape index (κ3) is 2.93. The highest BCUT2D eigenvalue weighted by Gasteiger charge is 2.32. The van der Waals surface area contributed by atoms with Crippen molar-refractivity contribution < 1.29 is 9.90 Å². The lowest BCUT2D eigenvalue weighted by molar-refractivity contribution is -0.140. The van der Waals surface area contributed by atoms with E-state index in [2.05, 4.69) is 10.3 Å².